The van der Waals surface area contributed by atoms with Gasteiger partial charge >= 0.3 is 0 Å². The average Bonchev–Trinajstić information content (AvgIpc) is 2.27. The lowest BCUT2D eigenvalue weighted by Gasteiger charge is -2.26. The zero-order valence-corrected chi connectivity index (χ0v) is 9.45. The fourth-order valence-electron chi connectivity index (χ4n) is 1.36. The first-order valence-corrected chi connectivity index (χ1v) is 4.90. The SMILES string of the molecule is COc1cc(C(C)(CN)CO)cc(C)n1. The summed E-state index contributed by atoms with van der Waals surface area (Å²) < 4.78 is 5.09. The standard InChI is InChI=1S/C11H18N2O2/c1-8-4-9(5-10(13-8)15-3)11(2,6-12)7-14/h4-5,14H,6-7,12H2,1-3H3. The van der Waals surface area contributed by atoms with Crippen LogP contribution in [-0.2, 0) is 5.41 Å². The van der Waals surface area contributed by atoms with E-state index in [-0.39, 0.29) is 6.61 Å². The van der Waals surface area contributed by atoms with Crippen LogP contribution in [0.2, 0.25) is 0 Å². The first-order chi connectivity index (χ1) is 7.05. The van der Waals surface area contributed by atoms with Gasteiger partial charge in [0.2, 0.25) is 5.88 Å². The molecule has 1 aromatic heterocycles. The lowest BCUT2D eigenvalue weighted by atomic mass is 9.83. The number of hydrogen-bond acceptors (Lipinski definition) is 4. The first kappa shape index (κ1) is 11.9. The summed E-state index contributed by atoms with van der Waals surface area (Å²) in [5.41, 5.74) is 7.05. The lowest BCUT2D eigenvalue weighted by molar-refractivity contribution is 0.210. The van der Waals surface area contributed by atoms with Gasteiger partial charge in [0.1, 0.15) is 0 Å². The predicted octanol–water partition coefficient (Wildman–Crippen LogP) is 0.607. The maximum Gasteiger partial charge on any atom is 0.213 e. The number of methoxy groups -OCH3 is 1. The minimum absolute atomic E-state index is 0.0100. The molecule has 1 unspecified atom stereocenters. The number of rotatable bonds is 4. The Bertz CT molecular complexity index is 335. The summed E-state index contributed by atoms with van der Waals surface area (Å²) in [4.78, 5) is 4.19. The van der Waals surface area contributed by atoms with Gasteiger partial charge < -0.3 is 15.6 Å². The van der Waals surface area contributed by atoms with Crippen LogP contribution >= 0.6 is 0 Å². The van der Waals surface area contributed by atoms with Gasteiger partial charge in [-0.1, -0.05) is 6.92 Å². The molecule has 0 amide bonds. The summed E-state index contributed by atoms with van der Waals surface area (Å²) in [6.45, 7) is 4.20. The Morgan fingerprint density at radius 1 is 1.53 bits per heavy atom. The highest BCUT2D eigenvalue weighted by Gasteiger charge is 2.25. The fraction of sp³-hybridized carbons (Fsp3) is 0.545. The van der Waals surface area contributed by atoms with Crippen LogP contribution in [-0.4, -0.2) is 30.4 Å². The molecule has 0 saturated carbocycles. The van der Waals surface area contributed by atoms with E-state index in [2.05, 4.69) is 4.98 Å². The second kappa shape index (κ2) is 4.59. The average molecular weight is 210 g/mol. The first-order valence-electron chi connectivity index (χ1n) is 4.90. The summed E-state index contributed by atoms with van der Waals surface area (Å²) in [5, 5.41) is 9.35. The molecule has 3 N–H and O–H groups in total. The molecule has 0 saturated heterocycles. The normalized spacial score (nSPS) is 14.7. The van der Waals surface area contributed by atoms with Crippen LogP contribution in [0, 0.1) is 6.92 Å². The number of nitrogens with zero attached hydrogens (tertiary/aromatic N) is 1. The third-order valence-corrected chi connectivity index (χ3v) is 2.64. The van der Waals surface area contributed by atoms with Crippen molar-refractivity contribution in [2.75, 3.05) is 20.3 Å². The molecule has 4 heteroatoms. The van der Waals surface area contributed by atoms with Gasteiger partial charge in [0.15, 0.2) is 0 Å². The molecule has 1 aromatic rings. The summed E-state index contributed by atoms with van der Waals surface area (Å²) in [7, 11) is 1.57. The van der Waals surface area contributed by atoms with E-state index in [1.165, 1.54) is 0 Å². The van der Waals surface area contributed by atoms with Gasteiger partial charge in [0, 0.05) is 23.7 Å². The van der Waals surface area contributed by atoms with E-state index in [4.69, 9.17) is 10.5 Å². The van der Waals surface area contributed by atoms with Crippen LogP contribution < -0.4 is 10.5 Å². The minimum Gasteiger partial charge on any atom is -0.481 e. The van der Waals surface area contributed by atoms with Crippen molar-refractivity contribution in [1.82, 2.24) is 4.98 Å². The van der Waals surface area contributed by atoms with Gasteiger partial charge in [-0.25, -0.2) is 4.98 Å². The number of aryl methyl sites for hydroxylation is 1. The Morgan fingerprint density at radius 2 is 2.20 bits per heavy atom. The van der Waals surface area contributed by atoms with Crippen LogP contribution in [0.1, 0.15) is 18.2 Å². The summed E-state index contributed by atoms with van der Waals surface area (Å²) in [5.74, 6) is 0.554. The second-order valence-corrected chi connectivity index (χ2v) is 3.96. The zero-order chi connectivity index (χ0) is 11.5. The fourth-order valence-corrected chi connectivity index (χ4v) is 1.36. The van der Waals surface area contributed by atoms with Crippen molar-refractivity contribution in [3.05, 3.63) is 23.4 Å². The molecule has 1 atom stereocenters. The Hall–Kier alpha value is -1.13. The van der Waals surface area contributed by atoms with Gasteiger partial charge in [-0.05, 0) is 18.6 Å². The van der Waals surface area contributed by atoms with E-state index in [0.717, 1.165) is 11.3 Å². The zero-order valence-electron chi connectivity index (χ0n) is 9.45. The predicted molar refractivity (Wildman–Crippen MR) is 59.0 cm³/mol. The van der Waals surface area contributed by atoms with Crippen LogP contribution in [0.4, 0.5) is 0 Å². The molecule has 1 rings (SSSR count). The van der Waals surface area contributed by atoms with Gasteiger partial charge in [-0.3, -0.25) is 0 Å². The Balaban J connectivity index is 3.18. The third kappa shape index (κ3) is 2.46. The third-order valence-electron chi connectivity index (χ3n) is 2.64. The Kier molecular flexibility index (Phi) is 3.66. The van der Waals surface area contributed by atoms with Crippen molar-refractivity contribution in [2.45, 2.75) is 19.3 Å². The molecule has 84 valence electrons. The van der Waals surface area contributed by atoms with Crippen molar-refractivity contribution in [3.8, 4) is 5.88 Å². The lowest BCUT2D eigenvalue weighted by Crippen LogP contribution is -2.35. The van der Waals surface area contributed by atoms with Crippen LogP contribution in [0.15, 0.2) is 12.1 Å². The number of hydrogen-bond donors (Lipinski definition) is 2. The molecule has 1 heterocycles. The largest absolute Gasteiger partial charge is 0.481 e. The monoisotopic (exact) mass is 210 g/mol. The summed E-state index contributed by atoms with van der Waals surface area (Å²) in [6.07, 6.45) is 0. The molecule has 0 bridgehead atoms. The molecule has 4 nitrogen and oxygen atoms in total. The van der Waals surface area contributed by atoms with E-state index < -0.39 is 5.41 Å². The number of pyridine rings is 1. The number of ether oxygens (including phenoxy) is 1. The van der Waals surface area contributed by atoms with E-state index in [9.17, 15) is 5.11 Å². The van der Waals surface area contributed by atoms with E-state index in [1.807, 2.05) is 26.0 Å². The highest BCUT2D eigenvalue weighted by molar-refractivity contribution is 5.31. The molecular formula is C11H18N2O2. The molecule has 0 aliphatic carbocycles. The van der Waals surface area contributed by atoms with Crippen LogP contribution in [0.25, 0.3) is 0 Å². The van der Waals surface area contributed by atoms with Crippen molar-refractivity contribution in [2.24, 2.45) is 5.73 Å². The van der Waals surface area contributed by atoms with Gasteiger partial charge in [0.05, 0.1) is 13.7 Å². The molecular weight excluding hydrogens is 192 g/mol. The smallest absolute Gasteiger partial charge is 0.213 e. The highest BCUT2D eigenvalue weighted by Crippen LogP contribution is 2.25. The highest BCUT2D eigenvalue weighted by atomic mass is 16.5. The molecule has 0 aromatic carbocycles. The molecule has 0 fully saturated rings. The Morgan fingerprint density at radius 3 is 2.67 bits per heavy atom. The quantitative estimate of drug-likeness (QED) is 0.764. The number of nitrogens with two attached hydrogens (primary N) is 1. The van der Waals surface area contributed by atoms with E-state index >= 15 is 0 Å². The molecule has 0 spiro atoms. The second-order valence-electron chi connectivity index (χ2n) is 3.96. The molecule has 0 aliphatic rings. The number of aliphatic hydroxyl groups excluding tert-OH is 1. The van der Waals surface area contributed by atoms with E-state index in [0.29, 0.717) is 12.4 Å². The maximum absolute atomic E-state index is 9.35. The number of aliphatic hydroxyl groups is 1. The van der Waals surface area contributed by atoms with Crippen LogP contribution in [0.5, 0.6) is 5.88 Å². The van der Waals surface area contributed by atoms with Crippen molar-refractivity contribution < 1.29 is 9.84 Å². The summed E-state index contributed by atoms with van der Waals surface area (Å²) in [6, 6.07) is 3.74. The van der Waals surface area contributed by atoms with Crippen molar-refractivity contribution >= 4 is 0 Å². The maximum atomic E-state index is 9.35. The molecule has 15 heavy (non-hydrogen) atoms. The topological polar surface area (TPSA) is 68.4 Å². The summed E-state index contributed by atoms with van der Waals surface area (Å²) >= 11 is 0. The molecule has 0 aliphatic heterocycles. The van der Waals surface area contributed by atoms with Crippen LogP contribution in [0.3, 0.4) is 0 Å². The molecule has 0 radical (unpaired) electrons. The van der Waals surface area contributed by atoms with Gasteiger partial charge in [0.25, 0.3) is 0 Å². The minimum atomic E-state index is -0.430. The van der Waals surface area contributed by atoms with E-state index in [1.54, 1.807) is 7.11 Å². The van der Waals surface area contributed by atoms with Gasteiger partial charge in [-0.2, -0.15) is 0 Å². The van der Waals surface area contributed by atoms with Crippen molar-refractivity contribution in [1.29, 1.82) is 0 Å². The Labute approximate surface area is 90.1 Å². The number of aromatic nitrogens is 1. The van der Waals surface area contributed by atoms with Gasteiger partial charge in [-0.15, -0.1) is 0 Å². The van der Waals surface area contributed by atoms with Crippen molar-refractivity contribution in [3.63, 3.8) is 0 Å².